The van der Waals surface area contributed by atoms with E-state index in [-0.39, 0.29) is 11.5 Å². The molecule has 2 rings (SSSR count). The predicted octanol–water partition coefficient (Wildman–Crippen LogP) is 2.29. The lowest BCUT2D eigenvalue weighted by atomic mass is 10.1. The van der Waals surface area contributed by atoms with Gasteiger partial charge in [0, 0.05) is 5.56 Å². The van der Waals surface area contributed by atoms with Crippen molar-refractivity contribution in [3.8, 4) is 0 Å². The second kappa shape index (κ2) is 3.65. The zero-order valence-electron chi connectivity index (χ0n) is 8.06. The van der Waals surface area contributed by atoms with Gasteiger partial charge in [0.05, 0.1) is 0 Å². The summed E-state index contributed by atoms with van der Waals surface area (Å²) in [7, 11) is 1.85. The molecule has 0 amide bonds. The average molecular weight is 197 g/mol. The molecule has 1 aromatic carbocycles. The van der Waals surface area contributed by atoms with Crippen LogP contribution in [0.15, 0.2) is 18.2 Å². The maximum atomic E-state index is 13.3. The van der Waals surface area contributed by atoms with Gasteiger partial charge in [-0.2, -0.15) is 0 Å². The van der Waals surface area contributed by atoms with Gasteiger partial charge in [0.15, 0.2) is 0 Å². The third-order valence-corrected chi connectivity index (χ3v) is 2.76. The number of halogens is 2. The van der Waals surface area contributed by atoms with E-state index in [1.54, 1.807) is 0 Å². The van der Waals surface area contributed by atoms with Crippen LogP contribution in [0.5, 0.6) is 0 Å². The van der Waals surface area contributed by atoms with Crippen LogP contribution in [-0.4, -0.2) is 13.6 Å². The first kappa shape index (κ1) is 9.59. The molecule has 0 spiro atoms. The number of nitrogens with one attached hydrogen (secondary N) is 1. The number of hydrogen-bond acceptors (Lipinski definition) is 1. The van der Waals surface area contributed by atoms with Gasteiger partial charge in [-0.3, -0.25) is 0 Å². The Kier molecular flexibility index (Phi) is 2.50. The Hall–Kier alpha value is -0.960. The highest BCUT2D eigenvalue weighted by atomic mass is 19.1. The predicted molar refractivity (Wildman–Crippen MR) is 51.1 cm³/mol. The zero-order valence-corrected chi connectivity index (χ0v) is 8.06. The molecule has 1 aromatic rings. The standard InChI is InChI=1S/C11H13F2N/c1-14-6-7-5-8(7)11-9(12)3-2-4-10(11)13/h2-4,7-8,14H,5-6H2,1H3/t7-,8+/m1/s1. The van der Waals surface area contributed by atoms with Crippen LogP contribution in [0.4, 0.5) is 8.78 Å². The Balaban J connectivity index is 2.18. The Morgan fingerprint density at radius 1 is 1.36 bits per heavy atom. The molecule has 3 heteroatoms. The summed E-state index contributed by atoms with van der Waals surface area (Å²) in [5.74, 6) is -0.350. The third-order valence-electron chi connectivity index (χ3n) is 2.76. The molecule has 14 heavy (non-hydrogen) atoms. The minimum absolute atomic E-state index is 0.0728. The van der Waals surface area contributed by atoms with Crippen molar-refractivity contribution >= 4 is 0 Å². The van der Waals surface area contributed by atoms with Gasteiger partial charge in [0.1, 0.15) is 11.6 Å². The molecule has 1 aliphatic rings. The maximum absolute atomic E-state index is 13.3. The number of rotatable bonds is 3. The molecule has 76 valence electrons. The highest BCUT2D eigenvalue weighted by Gasteiger charge is 2.40. The number of hydrogen-bond donors (Lipinski definition) is 1. The Morgan fingerprint density at radius 2 is 2.00 bits per heavy atom. The Bertz CT molecular complexity index is 318. The molecular weight excluding hydrogens is 184 g/mol. The summed E-state index contributed by atoms with van der Waals surface area (Å²) >= 11 is 0. The van der Waals surface area contributed by atoms with E-state index in [2.05, 4.69) is 5.32 Å². The molecule has 0 saturated heterocycles. The minimum Gasteiger partial charge on any atom is -0.319 e. The fraction of sp³-hybridized carbons (Fsp3) is 0.455. The van der Waals surface area contributed by atoms with Crippen molar-refractivity contribution in [3.05, 3.63) is 35.4 Å². The average Bonchev–Trinajstić information content (AvgIpc) is 2.85. The van der Waals surface area contributed by atoms with Crippen molar-refractivity contribution in [1.82, 2.24) is 5.32 Å². The van der Waals surface area contributed by atoms with Crippen LogP contribution in [0, 0.1) is 17.6 Å². The molecule has 1 N–H and O–H groups in total. The van der Waals surface area contributed by atoms with Gasteiger partial charge >= 0.3 is 0 Å². The zero-order chi connectivity index (χ0) is 10.1. The van der Waals surface area contributed by atoms with Gasteiger partial charge in [-0.25, -0.2) is 8.78 Å². The fourth-order valence-corrected chi connectivity index (χ4v) is 1.95. The van der Waals surface area contributed by atoms with Gasteiger partial charge in [0.25, 0.3) is 0 Å². The van der Waals surface area contributed by atoms with Gasteiger partial charge in [-0.05, 0) is 44.0 Å². The van der Waals surface area contributed by atoms with E-state index < -0.39 is 11.6 Å². The number of benzene rings is 1. The largest absolute Gasteiger partial charge is 0.319 e. The van der Waals surface area contributed by atoms with E-state index in [4.69, 9.17) is 0 Å². The monoisotopic (exact) mass is 197 g/mol. The van der Waals surface area contributed by atoms with Gasteiger partial charge < -0.3 is 5.32 Å². The smallest absolute Gasteiger partial charge is 0.129 e. The molecule has 0 heterocycles. The molecule has 1 nitrogen and oxygen atoms in total. The first-order chi connectivity index (χ1) is 6.74. The SMILES string of the molecule is CNC[C@H]1C[C@@H]1c1c(F)cccc1F. The van der Waals surface area contributed by atoms with Crippen LogP contribution in [0.25, 0.3) is 0 Å². The molecule has 0 bridgehead atoms. The summed E-state index contributed by atoms with van der Waals surface area (Å²) in [5, 5.41) is 3.02. The quantitative estimate of drug-likeness (QED) is 0.784. The molecule has 2 atom stereocenters. The lowest BCUT2D eigenvalue weighted by molar-refractivity contribution is 0.549. The molecule has 0 radical (unpaired) electrons. The molecule has 0 unspecified atom stereocenters. The second-order valence-corrected chi connectivity index (χ2v) is 3.80. The van der Waals surface area contributed by atoms with Gasteiger partial charge in [0.2, 0.25) is 0 Å². The molecule has 1 fully saturated rings. The van der Waals surface area contributed by atoms with Gasteiger partial charge in [-0.15, -0.1) is 0 Å². The Morgan fingerprint density at radius 3 is 2.57 bits per heavy atom. The van der Waals surface area contributed by atoms with Crippen LogP contribution in [0.2, 0.25) is 0 Å². The molecular formula is C11H13F2N. The topological polar surface area (TPSA) is 12.0 Å². The minimum atomic E-state index is -0.409. The van der Waals surface area contributed by atoms with Gasteiger partial charge in [-0.1, -0.05) is 6.07 Å². The Labute approximate surface area is 82.1 Å². The molecule has 0 aliphatic heterocycles. The summed E-state index contributed by atoms with van der Waals surface area (Å²) in [5.41, 5.74) is 0.271. The lowest BCUT2D eigenvalue weighted by Crippen LogP contribution is -2.10. The van der Waals surface area contributed by atoms with Crippen molar-refractivity contribution in [3.63, 3.8) is 0 Å². The van der Waals surface area contributed by atoms with E-state index in [0.717, 1.165) is 13.0 Å². The van der Waals surface area contributed by atoms with Crippen molar-refractivity contribution in [2.75, 3.05) is 13.6 Å². The maximum Gasteiger partial charge on any atom is 0.129 e. The van der Waals surface area contributed by atoms with Crippen molar-refractivity contribution in [2.45, 2.75) is 12.3 Å². The van der Waals surface area contributed by atoms with Crippen molar-refractivity contribution < 1.29 is 8.78 Å². The lowest BCUT2D eigenvalue weighted by Gasteiger charge is -2.03. The molecule has 1 aliphatic carbocycles. The first-order valence-electron chi connectivity index (χ1n) is 4.82. The van der Waals surface area contributed by atoms with E-state index in [1.807, 2.05) is 7.05 Å². The van der Waals surface area contributed by atoms with E-state index >= 15 is 0 Å². The highest BCUT2D eigenvalue weighted by Crippen LogP contribution is 2.48. The van der Waals surface area contributed by atoms with Crippen LogP contribution in [0.1, 0.15) is 17.9 Å². The van der Waals surface area contributed by atoms with Crippen molar-refractivity contribution in [1.29, 1.82) is 0 Å². The fourth-order valence-electron chi connectivity index (χ4n) is 1.95. The third kappa shape index (κ3) is 1.64. The second-order valence-electron chi connectivity index (χ2n) is 3.80. The summed E-state index contributed by atoms with van der Waals surface area (Å²) in [4.78, 5) is 0. The van der Waals surface area contributed by atoms with Crippen LogP contribution in [0.3, 0.4) is 0 Å². The van der Waals surface area contributed by atoms with E-state index in [9.17, 15) is 8.78 Å². The normalized spacial score (nSPS) is 25.1. The summed E-state index contributed by atoms with van der Waals surface area (Å²) in [6.45, 7) is 0.832. The molecule has 1 saturated carbocycles. The summed E-state index contributed by atoms with van der Waals surface area (Å²) < 4.78 is 26.6. The van der Waals surface area contributed by atoms with E-state index in [0.29, 0.717) is 5.92 Å². The van der Waals surface area contributed by atoms with Crippen molar-refractivity contribution in [2.24, 2.45) is 5.92 Å². The van der Waals surface area contributed by atoms with Crippen LogP contribution in [-0.2, 0) is 0 Å². The summed E-state index contributed by atoms with van der Waals surface area (Å²) in [6.07, 6.45) is 0.888. The van der Waals surface area contributed by atoms with Crippen LogP contribution < -0.4 is 5.32 Å². The van der Waals surface area contributed by atoms with Crippen LogP contribution >= 0.6 is 0 Å². The molecule has 0 aromatic heterocycles. The van der Waals surface area contributed by atoms with E-state index in [1.165, 1.54) is 18.2 Å². The highest BCUT2D eigenvalue weighted by molar-refractivity contribution is 5.29. The summed E-state index contributed by atoms with van der Waals surface area (Å²) in [6, 6.07) is 4.06. The first-order valence-corrected chi connectivity index (χ1v) is 4.82.